The van der Waals surface area contributed by atoms with Gasteiger partial charge in [-0.25, -0.2) is 4.79 Å². The van der Waals surface area contributed by atoms with E-state index in [9.17, 15) is 9.59 Å². The molecule has 3 saturated heterocycles. The van der Waals surface area contributed by atoms with Crippen LogP contribution in [0.2, 0.25) is 0 Å². The number of nitrogens with one attached hydrogen (secondary N) is 1. The van der Waals surface area contributed by atoms with E-state index < -0.39 is 6.04 Å². The van der Waals surface area contributed by atoms with Crippen LogP contribution < -0.4 is 5.32 Å². The van der Waals surface area contributed by atoms with Gasteiger partial charge in [-0.2, -0.15) is 0 Å². The fourth-order valence-corrected chi connectivity index (χ4v) is 6.91. The van der Waals surface area contributed by atoms with Crippen LogP contribution in [0.3, 0.4) is 0 Å². The highest BCUT2D eigenvalue weighted by Crippen LogP contribution is 2.37. The highest BCUT2D eigenvalue weighted by molar-refractivity contribution is 7.20. The Labute approximate surface area is 221 Å². The van der Waals surface area contributed by atoms with Gasteiger partial charge in [-0.15, -0.1) is 11.3 Å². The summed E-state index contributed by atoms with van der Waals surface area (Å²) >= 11 is 1.58. The third kappa shape index (κ3) is 5.04. The first-order chi connectivity index (χ1) is 18.1. The summed E-state index contributed by atoms with van der Waals surface area (Å²) in [7, 11) is 0. The van der Waals surface area contributed by atoms with Crippen molar-refractivity contribution < 1.29 is 18.8 Å². The minimum atomic E-state index is -0.590. The summed E-state index contributed by atoms with van der Waals surface area (Å²) in [6.07, 6.45) is 1.80. The van der Waals surface area contributed by atoms with Crippen LogP contribution in [0.5, 0.6) is 0 Å². The predicted octanol–water partition coefficient (Wildman–Crippen LogP) is 6.09. The number of carbonyl (C=O) groups excluding carboxylic acids is 2. The van der Waals surface area contributed by atoms with E-state index in [0.29, 0.717) is 23.5 Å². The smallest absolute Gasteiger partial charge is 0.333 e. The van der Waals surface area contributed by atoms with E-state index in [-0.39, 0.29) is 17.9 Å². The second-order valence-electron chi connectivity index (χ2n) is 10.4. The number of anilines is 1. The number of carbonyl (C=O) groups is 2. The van der Waals surface area contributed by atoms with Gasteiger partial charge in [0.25, 0.3) is 0 Å². The quantitative estimate of drug-likeness (QED) is 0.177. The van der Waals surface area contributed by atoms with E-state index >= 15 is 0 Å². The lowest BCUT2D eigenvalue weighted by atomic mass is 9.83. The number of Topliss-reactive ketones (excluding diaryl/α,β-unsaturated/α-hetero) is 1. The first-order valence-corrected chi connectivity index (χ1v) is 13.8. The molecule has 4 heterocycles. The Bertz CT molecular complexity index is 1360. The summed E-state index contributed by atoms with van der Waals surface area (Å²) in [4.78, 5) is 27.8. The Morgan fingerprint density at radius 1 is 0.919 bits per heavy atom. The Morgan fingerprint density at radius 2 is 1.59 bits per heavy atom. The van der Waals surface area contributed by atoms with Gasteiger partial charge in [-0.1, -0.05) is 66.7 Å². The van der Waals surface area contributed by atoms with Crippen LogP contribution >= 0.6 is 11.3 Å². The van der Waals surface area contributed by atoms with Crippen molar-refractivity contribution in [2.75, 3.05) is 31.5 Å². The molecule has 0 saturated carbocycles. The maximum atomic E-state index is 13.6. The Kier molecular flexibility index (Phi) is 6.53. The molecule has 6 heteroatoms. The number of nitrogens with zero attached hydrogens (tertiary/aromatic N) is 1. The number of hydrogen-bond acceptors (Lipinski definition) is 5. The van der Waals surface area contributed by atoms with Gasteiger partial charge in [0, 0.05) is 29.1 Å². The zero-order valence-electron chi connectivity index (χ0n) is 20.7. The molecule has 188 valence electrons. The first-order valence-electron chi connectivity index (χ1n) is 13.0. The maximum Gasteiger partial charge on any atom is 0.333 e. The molecule has 4 aromatic rings. The summed E-state index contributed by atoms with van der Waals surface area (Å²) in [5, 5.41) is 4.50. The molecule has 3 aromatic carbocycles. The van der Waals surface area contributed by atoms with Crippen LogP contribution in [0, 0.1) is 5.92 Å². The molecule has 2 atom stereocenters. The third-order valence-electron chi connectivity index (χ3n) is 7.94. The van der Waals surface area contributed by atoms with Crippen LogP contribution in [0.25, 0.3) is 10.1 Å². The molecule has 5 nitrogen and oxygen atoms in total. The lowest BCUT2D eigenvalue weighted by Crippen LogP contribution is -2.65. The van der Waals surface area contributed by atoms with Crippen molar-refractivity contribution in [1.29, 1.82) is 0 Å². The average Bonchev–Trinajstić information content (AvgIpc) is 3.38. The fourth-order valence-electron chi connectivity index (χ4n) is 5.92. The van der Waals surface area contributed by atoms with Crippen molar-refractivity contribution in [2.24, 2.45) is 5.92 Å². The molecule has 2 bridgehead atoms. The van der Waals surface area contributed by atoms with Gasteiger partial charge in [0.1, 0.15) is 13.1 Å². The number of para-hydroxylation sites is 1. The van der Waals surface area contributed by atoms with Gasteiger partial charge < -0.3 is 14.5 Å². The van der Waals surface area contributed by atoms with Gasteiger partial charge in [0.05, 0.1) is 18.0 Å². The lowest BCUT2D eigenvalue weighted by molar-refractivity contribution is -0.938. The SMILES string of the molecule is O=C(C[N+]12CCC(CC1)C(OC(=O)C(Nc1ccccc1)c1ccccc1)C2)c1cc2ccccc2s1. The molecule has 2 unspecified atom stereocenters. The van der Waals surface area contributed by atoms with E-state index in [1.807, 2.05) is 78.9 Å². The number of thiophene rings is 1. The maximum absolute atomic E-state index is 13.6. The summed E-state index contributed by atoms with van der Waals surface area (Å²) < 4.78 is 8.11. The number of fused-ring (bicyclic) bond motifs is 4. The van der Waals surface area contributed by atoms with Crippen molar-refractivity contribution in [3.05, 3.63) is 101 Å². The van der Waals surface area contributed by atoms with Crippen molar-refractivity contribution in [3.8, 4) is 0 Å². The molecule has 1 aromatic heterocycles. The molecular weight excluding hydrogens is 480 g/mol. The number of ether oxygens (including phenoxy) is 1. The molecule has 3 fully saturated rings. The fraction of sp³-hybridized carbons (Fsp3) is 0.290. The molecule has 0 radical (unpaired) electrons. The van der Waals surface area contributed by atoms with E-state index in [1.165, 1.54) is 0 Å². The predicted molar refractivity (Wildman–Crippen MR) is 148 cm³/mol. The largest absolute Gasteiger partial charge is 0.454 e. The van der Waals surface area contributed by atoms with Gasteiger partial charge in [-0.05, 0) is 35.2 Å². The van der Waals surface area contributed by atoms with Crippen LogP contribution in [-0.2, 0) is 9.53 Å². The van der Waals surface area contributed by atoms with Crippen LogP contribution in [-0.4, -0.2) is 48.5 Å². The Hall–Kier alpha value is -3.48. The topological polar surface area (TPSA) is 55.4 Å². The number of hydrogen-bond donors (Lipinski definition) is 1. The average molecular weight is 512 g/mol. The second-order valence-corrected chi connectivity index (χ2v) is 11.5. The molecular formula is C31H31N2O3S+. The van der Waals surface area contributed by atoms with Crippen molar-refractivity contribution in [2.45, 2.75) is 25.0 Å². The number of ketones is 1. The summed E-state index contributed by atoms with van der Waals surface area (Å²) in [6, 6.07) is 29.1. The third-order valence-corrected chi connectivity index (χ3v) is 9.10. The van der Waals surface area contributed by atoms with Gasteiger partial charge in [-0.3, -0.25) is 4.79 Å². The highest BCUT2D eigenvalue weighted by atomic mass is 32.1. The van der Waals surface area contributed by atoms with Gasteiger partial charge in [0.15, 0.2) is 12.1 Å². The van der Waals surface area contributed by atoms with Crippen molar-refractivity contribution >= 4 is 38.9 Å². The summed E-state index contributed by atoms with van der Waals surface area (Å²) in [5.41, 5.74) is 1.75. The number of rotatable bonds is 8. The van der Waals surface area contributed by atoms with Crippen LogP contribution in [0.4, 0.5) is 5.69 Å². The summed E-state index contributed by atoms with van der Waals surface area (Å²) in [5.74, 6) is 0.291. The molecule has 0 spiro atoms. The standard InChI is InChI=1S/C31H31N2O3S/c34-26(29-19-24-11-7-8-14-28(24)37-29)20-33-17-15-22(16-18-33)27(21-33)36-31(35)30(23-9-3-1-4-10-23)32-25-12-5-2-6-13-25/h1-14,19,22,27,30,32H,15-18,20-21H2/q+1. The van der Waals surface area contributed by atoms with E-state index in [4.69, 9.17) is 4.74 Å². The van der Waals surface area contributed by atoms with Crippen molar-refractivity contribution in [3.63, 3.8) is 0 Å². The molecule has 0 amide bonds. The van der Waals surface area contributed by atoms with Crippen LogP contribution in [0.1, 0.15) is 34.1 Å². The highest BCUT2D eigenvalue weighted by Gasteiger charge is 2.49. The van der Waals surface area contributed by atoms with E-state index in [2.05, 4.69) is 17.4 Å². The number of esters is 1. The van der Waals surface area contributed by atoms with Crippen LogP contribution in [0.15, 0.2) is 91.0 Å². The van der Waals surface area contributed by atoms with E-state index in [1.54, 1.807) is 11.3 Å². The number of benzene rings is 3. The van der Waals surface area contributed by atoms with Gasteiger partial charge in [0.2, 0.25) is 5.78 Å². The number of piperidine rings is 3. The Balaban J connectivity index is 1.18. The normalized spacial score (nSPS) is 23.5. The molecule has 37 heavy (non-hydrogen) atoms. The molecule has 1 N–H and O–H groups in total. The minimum Gasteiger partial charge on any atom is -0.454 e. The molecule has 3 aliphatic rings. The summed E-state index contributed by atoms with van der Waals surface area (Å²) in [6.45, 7) is 3.12. The lowest BCUT2D eigenvalue weighted by Gasteiger charge is -2.51. The van der Waals surface area contributed by atoms with Crippen molar-refractivity contribution in [1.82, 2.24) is 0 Å². The second kappa shape index (κ2) is 10.1. The van der Waals surface area contributed by atoms with E-state index in [0.717, 1.165) is 52.1 Å². The zero-order chi connectivity index (χ0) is 25.2. The zero-order valence-corrected chi connectivity index (χ0v) is 21.5. The molecule has 0 aliphatic carbocycles. The monoisotopic (exact) mass is 511 g/mol. The molecule has 3 aliphatic heterocycles. The van der Waals surface area contributed by atoms with Gasteiger partial charge >= 0.3 is 5.97 Å². The first kappa shape index (κ1) is 23.9. The number of quaternary nitrogens is 1. The molecule has 7 rings (SSSR count). The Morgan fingerprint density at radius 3 is 2.32 bits per heavy atom. The minimum absolute atomic E-state index is 0.172.